The van der Waals surface area contributed by atoms with Crippen molar-refractivity contribution < 1.29 is 4.79 Å². The molecule has 1 amide bonds. The van der Waals surface area contributed by atoms with Crippen LogP contribution in [0.1, 0.15) is 16.8 Å². The number of halogens is 2. The molecule has 1 saturated heterocycles. The molecule has 1 aromatic carbocycles. The van der Waals surface area contributed by atoms with Gasteiger partial charge in [-0.1, -0.05) is 17.7 Å². The normalized spacial score (nSPS) is 20.2. The predicted octanol–water partition coefficient (Wildman–Crippen LogP) is 2.28. The van der Waals surface area contributed by atoms with Crippen molar-refractivity contribution in [3.8, 4) is 0 Å². The number of hydrogen-bond donors (Lipinski definition) is 1. The summed E-state index contributed by atoms with van der Waals surface area (Å²) in [7, 11) is 0. The van der Waals surface area contributed by atoms with Crippen molar-refractivity contribution in [1.29, 1.82) is 0 Å². The number of nitrogens with zero attached hydrogens (tertiary/aromatic N) is 1. The van der Waals surface area contributed by atoms with Crippen molar-refractivity contribution in [2.24, 2.45) is 5.73 Å². The molecule has 1 atom stereocenters. The van der Waals surface area contributed by atoms with E-state index in [1.165, 1.54) is 0 Å². The van der Waals surface area contributed by atoms with Gasteiger partial charge in [0, 0.05) is 23.6 Å². The first kappa shape index (κ1) is 11.9. The minimum absolute atomic E-state index is 0.0424. The first-order valence-electron chi connectivity index (χ1n) is 5.08. The van der Waals surface area contributed by atoms with Gasteiger partial charge in [-0.2, -0.15) is 0 Å². The summed E-state index contributed by atoms with van der Waals surface area (Å²) in [5, 5.41) is 0.466. The molecule has 0 aromatic heterocycles. The van der Waals surface area contributed by atoms with Crippen LogP contribution < -0.4 is 5.73 Å². The number of carbonyl (C=O) groups excluding carboxylic acids is 1. The number of hydrogen-bond acceptors (Lipinski definition) is 2. The smallest absolute Gasteiger partial charge is 0.255 e. The molecule has 0 bridgehead atoms. The summed E-state index contributed by atoms with van der Waals surface area (Å²) in [5.74, 6) is -0.0424. The third-order valence-electron chi connectivity index (χ3n) is 2.69. The Morgan fingerprint density at radius 2 is 2.31 bits per heavy atom. The van der Waals surface area contributed by atoms with Crippen LogP contribution in [-0.4, -0.2) is 29.9 Å². The van der Waals surface area contributed by atoms with Crippen LogP contribution in [-0.2, 0) is 0 Å². The lowest BCUT2D eigenvalue weighted by Crippen LogP contribution is -2.32. The van der Waals surface area contributed by atoms with Crippen molar-refractivity contribution in [2.45, 2.75) is 12.5 Å². The SMILES string of the molecule is N[C@@H]1CCN(C(=O)c2cccc(Br)c2Cl)C1. The Morgan fingerprint density at radius 1 is 1.56 bits per heavy atom. The van der Waals surface area contributed by atoms with Gasteiger partial charge in [-0.05, 0) is 34.5 Å². The van der Waals surface area contributed by atoms with Crippen molar-refractivity contribution in [3.05, 3.63) is 33.3 Å². The molecule has 0 radical (unpaired) electrons. The van der Waals surface area contributed by atoms with Crippen LogP contribution in [0.5, 0.6) is 0 Å². The van der Waals surface area contributed by atoms with Crippen LogP contribution in [0, 0.1) is 0 Å². The highest BCUT2D eigenvalue weighted by atomic mass is 79.9. The van der Waals surface area contributed by atoms with Crippen molar-refractivity contribution in [2.75, 3.05) is 13.1 Å². The molecule has 16 heavy (non-hydrogen) atoms. The lowest BCUT2D eigenvalue weighted by Gasteiger charge is -2.16. The van der Waals surface area contributed by atoms with E-state index in [0.29, 0.717) is 23.7 Å². The van der Waals surface area contributed by atoms with Crippen molar-refractivity contribution in [3.63, 3.8) is 0 Å². The maximum absolute atomic E-state index is 12.1. The topological polar surface area (TPSA) is 46.3 Å². The average molecular weight is 304 g/mol. The Morgan fingerprint density at radius 3 is 2.94 bits per heavy atom. The van der Waals surface area contributed by atoms with Gasteiger partial charge >= 0.3 is 0 Å². The molecule has 2 rings (SSSR count). The third-order valence-corrected chi connectivity index (χ3v) is 3.99. The first-order valence-corrected chi connectivity index (χ1v) is 6.25. The fourth-order valence-electron chi connectivity index (χ4n) is 1.81. The Balaban J connectivity index is 2.24. The van der Waals surface area contributed by atoms with E-state index < -0.39 is 0 Å². The predicted molar refractivity (Wildman–Crippen MR) is 67.6 cm³/mol. The number of benzene rings is 1. The first-order chi connectivity index (χ1) is 7.59. The quantitative estimate of drug-likeness (QED) is 0.865. The highest BCUT2D eigenvalue weighted by Crippen LogP contribution is 2.27. The van der Waals surface area contributed by atoms with Crippen molar-refractivity contribution in [1.82, 2.24) is 4.90 Å². The largest absolute Gasteiger partial charge is 0.337 e. The van der Waals surface area contributed by atoms with Crippen LogP contribution in [0.3, 0.4) is 0 Å². The molecular weight excluding hydrogens is 291 g/mol. The molecule has 1 aromatic rings. The van der Waals surface area contributed by atoms with E-state index in [0.717, 1.165) is 10.9 Å². The molecule has 0 spiro atoms. The molecule has 1 aliphatic rings. The van der Waals surface area contributed by atoms with E-state index in [1.54, 1.807) is 17.0 Å². The Kier molecular flexibility index (Phi) is 3.52. The highest BCUT2D eigenvalue weighted by Gasteiger charge is 2.26. The molecule has 1 fully saturated rings. The van der Waals surface area contributed by atoms with Gasteiger partial charge in [0.1, 0.15) is 0 Å². The lowest BCUT2D eigenvalue weighted by atomic mass is 10.2. The molecule has 1 heterocycles. The van der Waals surface area contributed by atoms with E-state index in [2.05, 4.69) is 15.9 Å². The second kappa shape index (κ2) is 4.73. The van der Waals surface area contributed by atoms with Crippen LogP contribution in [0.2, 0.25) is 5.02 Å². The van der Waals surface area contributed by atoms with Crippen LogP contribution in [0.15, 0.2) is 22.7 Å². The number of rotatable bonds is 1. The lowest BCUT2D eigenvalue weighted by molar-refractivity contribution is 0.0791. The molecule has 86 valence electrons. The monoisotopic (exact) mass is 302 g/mol. The van der Waals surface area contributed by atoms with E-state index in [4.69, 9.17) is 17.3 Å². The molecule has 1 aliphatic heterocycles. The number of amides is 1. The van der Waals surface area contributed by atoms with Gasteiger partial charge in [-0.15, -0.1) is 0 Å². The summed E-state index contributed by atoms with van der Waals surface area (Å²) in [4.78, 5) is 13.9. The zero-order valence-corrected chi connectivity index (χ0v) is 11.0. The molecule has 2 N–H and O–H groups in total. The van der Waals surface area contributed by atoms with E-state index in [9.17, 15) is 4.79 Å². The fraction of sp³-hybridized carbons (Fsp3) is 0.364. The van der Waals surface area contributed by atoms with Gasteiger partial charge in [0.05, 0.1) is 10.6 Å². The standard InChI is InChI=1S/C11H12BrClN2O/c12-9-3-1-2-8(10(9)13)11(16)15-5-4-7(14)6-15/h1-3,7H,4-6,14H2/t7-/m1/s1. The minimum Gasteiger partial charge on any atom is -0.337 e. The average Bonchev–Trinajstić information content (AvgIpc) is 2.68. The van der Waals surface area contributed by atoms with E-state index in [-0.39, 0.29) is 11.9 Å². The number of nitrogens with two attached hydrogens (primary N) is 1. The molecule has 3 nitrogen and oxygen atoms in total. The maximum atomic E-state index is 12.1. The Labute approximate surface area is 108 Å². The third kappa shape index (κ3) is 2.24. The summed E-state index contributed by atoms with van der Waals surface area (Å²) in [5.41, 5.74) is 6.31. The second-order valence-electron chi connectivity index (χ2n) is 3.90. The molecule has 0 aliphatic carbocycles. The van der Waals surface area contributed by atoms with Crippen molar-refractivity contribution >= 4 is 33.4 Å². The molecule has 5 heteroatoms. The van der Waals surface area contributed by atoms with Gasteiger partial charge in [0.2, 0.25) is 0 Å². The van der Waals surface area contributed by atoms with Crippen LogP contribution in [0.25, 0.3) is 0 Å². The summed E-state index contributed by atoms with van der Waals surface area (Å²) in [6.45, 7) is 1.32. The summed E-state index contributed by atoms with van der Waals surface area (Å²) in [6, 6.07) is 5.45. The molecule has 0 saturated carbocycles. The summed E-state index contributed by atoms with van der Waals surface area (Å²) in [6.07, 6.45) is 0.858. The van der Waals surface area contributed by atoms with E-state index >= 15 is 0 Å². The Bertz CT molecular complexity index is 424. The Hall–Kier alpha value is -0.580. The minimum atomic E-state index is -0.0424. The van der Waals surface area contributed by atoms with Crippen LogP contribution in [0.4, 0.5) is 0 Å². The summed E-state index contributed by atoms with van der Waals surface area (Å²) >= 11 is 9.38. The zero-order chi connectivity index (χ0) is 11.7. The van der Waals surface area contributed by atoms with Gasteiger partial charge in [-0.25, -0.2) is 0 Å². The fourth-order valence-corrected chi connectivity index (χ4v) is 2.38. The van der Waals surface area contributed by atoms with Gasteiger partial charge in [-0.3, -0.25) is 4.79 Å². The van der Waals surface area contributed by atoms with E-state index in [1.807, 2.05) is 6.07 Å². The molecule has 0 unspecified atom stereocenters. The maximum Gasteiger partial charge on any atom is 0.255 e. The molecular formula is C11H12BrClN2O. The van der Waals surface area contributed by atoms with Crippen LogP contribution >= 0.6 is 27.5 Å². The van der Waals surface area contributed by atoms with Gasteiger partial charge in [0.15, 0.2) is 0 Å². The second-order valence-corrected chi connectivity index (χ2v) is 5.13. The summed E-state index contributed by atoms with van der Waals surface area (Å²) < 4.78 is 0.739. The zero-order valence-electron chi connectivity index (χ0n) is 8.62. The van der Waals surface area contributed by atoms with Gasteiger partial charge in [0.25, 0.3) is 5.91 Å². The highest BCUT2D eigenvalue weighted by molar-refractivity contribution is 9.10. The van der Waals surface area contributed by atoms with Gasteiger partial charge < -0.3 is 10.6 Å². The number of likely N-dealkylation sites (tertiary alicyclic amines) is 1. The number of carbonyl (C=O) groups is 1.